The average molecular weight is 370 g/mol. The Kier molecular flexibility index (Phi) is 4.96. The van der Waals surface area contributed by atoms with Crippen LogP contribution < -0.4 is 0 Å². The van der Waals surface area contributed by atoms with Crippen molar-refractivity contribution in [3.8, 4) is 0 Å². The molecule has 2 aromatic rings. The third-order valence-electron chi connectivity index (χ3n) is 4.08. The van der Waals surface area contributed by atoms with E-state index in [1.54, 1.807) is 29.1 Å². The molecule has 1 aromatic heterocycles. The van der Waals surface area contributed by atoms with Gasteiger partial charge in [0.05, 0.1) is 23.9 Å². The number of morpholine rings is 1. The Balaban J connectivity index is 1.85. The predicted octanol–water partition coefficient (Wildman–Crippen LogP) is 2.63. The number of hydrogen-bond donors (Lipinski definition) is 0. The van der Waals surface area contributed by atoms with Gasteiger partial charge in [-0.3, -0.25) is 4.68 Å². The number of aromatic nitrogens is 2. The van der Waals surface area contributed by atoms with E-state index in [1.165, 1.54) is 4.31 Å². The summed E-state index contributed by atoms with van der Waals surface area (Å²) in [7, 11) is -3.65. The van der Waals surface area contributed by atoms with Crippen LogP contribution >= 0.6 is 11.6 Å². The van der Waals surface area contributed by atoms with Crippen molar-refractivity contribution in [1.82, 2.24) is 14.1 Å². The summed E-state index contributed by atoms with van der Waals surface area (Å²) in [4.78, 5) is 0.139. The molecular weight excluding hydrogens is 350 g/mol. The van der Waals surface area contributed by atoms with Crippen LogP contribution in [-0.4, -0.2) is 42.2 Å². The molecule has 0 spiro atoms. The highest BCUT2D eigenvalue weighted by atomic mass is 35.5. The lowest BCUT2D eigenvalue weighted by molar-refractivity contribution is -0.00260. The minimum Gasteiger partial charge on any atom is -0.371 e. The average Bonchev–Trinajstić information content (AvgIpc) is 3.04. The van der Waals surface area contributed by atoms with Gasteiger partial charge in [-0.2, -0.15) is 9.40 Å². The van der Waals surface area contributed by atoms with Gasteiger partial charge in [0, 0.05) is 31.4 Å². The van der Waals surface area contributed by atoms with Crippen LogP contribution in [0.1, 0.15) is 24.2 Å². The van der Waals surface area contributed by atoms with Gasteiger partial charge in [0.15, 0.2) is 0 Å². The van der Waals surface area contributed by atoms with Crippen LogP contribution in [-0.2, 0) is 21.3 Å². The summed E-state index contributed by atoms with van der Waals surface area (Å²) in [6, 6.07) is 4.98. The SMILES string of the molecule is CCn1cc([C@@H]2CN(S(=O)(=O)c3ccc(C)cc3Cl)CCO2)cn1. The Hall–Kier alpha value is -1.41. The van der Waals surface area contributed by atoms with Crippen LogP contribution in [0.3, 0.4) is 0 Å². The van der Waals surface area contributed by atoms with E-state index in [9.17, 15) is 8.42 Å². The largest absolute Gasteiger partial charge is 0.371 e. The fourth-order valence-corrected chi connectivity index (χ4v) is 4.72. The molecular formula is C16H20ClN3O3S. The molecule has 0 saturated carbocycles. The molecule has 0 radical (unpaired) electrons. The van der Waals surface area contributed by atoms with Crippen LogP contribution in [0.4, 0.5) is 0 Å². The molecule has 8 heteroatoms. The minimum absolute atomic E-state index is 0.139. The molecule has 0 N–H and O–H groups in total. The number of rotatable bonds is 4. The van der Waals surface area contributed by atoms with E-state index in [-0.39, 0.29) is 22.6 Å². The van der Waals surface area contributed by atoms with Crippen molar-refractivity contribution >= 4 is 21.6 Å². The third-order valence-corrected chi connectivity index (χ3v) is 6.43. The number of ether oxygens (including phenoxy) is 1. The molecule has 1 aliphatic heterocycles. The van der Waals surface area contributed by atoms with Crippen LogP contribution in [0.2, 0.25) is 5.02 Å². The molecule has 1 saturated heterocycles. The molecule has 1 aromatic carbocycles. The quantitative estimate of drug-likeness (QED) is 0.831. The smallest absolute Gasteiger partial charge is 0.244 e. The van der Waals surface area contributed by atoms with Crippen molar-refractivity contribution in [1.29, 1.82) is 0 Å². The van der Waals surface area contributed by atoms with E-state index in [0.29, 0.717) is 13.2 Å². The zero-order valence-electron chi connectivity index (χ0n) is 13.6. The van der Waals surface area contributed by atoms with Gasteiger partial charge < -0.3 is 4.74 Å². The van der Waals surface area contributed by atoms with Gasteiger partial charge in [0.2, 0.25) is 10.0 Å². The topological polar surface area (TPSA) is 64.4 Å². The Morgan fingerprint density at radius 2 is 2.21 bits per heavy atom. The molecule has 0 unspecified atom stereocenters. The normalized spacial score (nSPS) is 19.5. The van der Waals surface area contributed by atoms with Crippen molar-refractivity contribution in [2.75, 3.05) is 19.7 Å². The fraction of sp³-hybridized carbons (Fsp3) is 0.438. The maximum absolute atomic E-state index is 12.9. The molecule has 0 bridgehead atoms. The lowest BCUT2D eigenvalue weighted by Gasteiger charge is -2.32. The van der Waals surface area contributed by atoms with Gasteiger partial charge in [-0.1, -0.05) is 17.7 Å². The van der Waals surface area contributed by atoms with Crippen LogP contribution in [0, 0.1) is 6.92 Å². The number of sulfonamides is 1. The van der Waals surface area contributed by atoms with E-state index in [2.05, 4.69) is 5.10 Å². The Labute approximate surface area is 147 Å². The lowest BCUT2D eigenvalue weighted by Crippen LogP contribution is -2.42. The zero-order chi connectivity index (χ0) is 17.3. The first-order chi connectivity index (χ1) is 11.4. The lowest BCUT2D eigenvalue weighted by atomic mass is 10.2. The molecule has 0 amide bonds. The Morgan fingerprint density at radius 3 is 2.88 bits per heavy atom. The standard InChI is InChI=1S/C16H20ClN3O3S/c1-3-19-10-13(9-18-19)15-11-20(6-7-23-15)24(21,22)16-5-4-12(2)8-14(16)17/h4-5,8-10,15H,3,6-7,11H2,1-2H3/t15-/m0/s1. The van der Waals surface area contributed by atoms with Gasteiger partial charge in [-0.15, -0.1) is 0 Å². The molecule has 1 aliphatic rings. The second-order valence-corrected chi connectivity index (χ2v) is 8.10. The van der Waals surface area contributed by atoms with E-state index in [1.807, 2.05) is 20.0 Å². The molecule has 1 fully saturated rings. The third kappa shape index (κ3) is 3.35. The summed E-state index contributed by atoms with van der Waals surface area (Å²) in [5, 5.41) is 4.47. The fourth-order valence-electron chi connectivity index (χ4n) is 2.72. The maximum Gasteiger partial charge on any atom is 0.244 e. The van der Waals surface area contributed by atoms with Gasteiger partial charge in [0.25, 0.3) is 0 Å². The highest BCUT2D eigenvalue weighted by Crippen LogP contribution is 2.30. The van der Waals surface area contributed by atoms with Crippen LogP contribution in [0.25, 0.3) is 0 Å². The van der Waals surface area contributed by atoms with Crippen molar-refractivity contribution in [3.63, 3.8) is 0 Å². The van der Waals surface area contributed by atoms with Crippen molar-refractivity contribution in [3.05, 3.63) is 46.7 Å². The molecule has 130 valence electrons. The zero-order valence-corrected chi connectivity index (χ0v) is 15.2. The highest BCUT2D eigenvalue weighted by Gasteiger charge is 2.33. The van der Waals surface area contributed by atoms with E-state index >= 15 is 0 Å². The second-order valence-electron chi connectivity index (χ2n) is 5.79. The summed E-state index contributed by atoms with van der Waals surface area (Å²) in [6.07, 6.45) is 3.29. The first-order valence-corrected chi connectivity index (χ1v) is 9.64. The van der Waals surface area contributed by atoms with Crippen molar-refractivity contribution in [2.24, 2.45) is 0 Å². The first kappa shape index (κ1) is 17.4. The van der Waals surface area contributed by atoms with E-state index in [4.69, 9.17) is 16.3 Å². The van der Waals surface area contributed by atoms with Gasteiger partial charge in [-0.05, 0) is 31.5 Å². The molecule has 0 aliphatic carbocycles. The van der Waals surface area contributed by atoms with E-state index < -0.39 is 10.0 Å². The minimum atomic E-state index is -3.65. The van der Waals surface area contributed by atoms with Crippen LogP contribution in [0.15, 0.2) is 35.5 Å². The monoisotopic (exact) mass is 369 g/mol. The van der Waals surface area contributed by atoms with Gasteiger partial charge >= 0.3 is 0 Å². The number of benzene rings is 1. The predicted molar refractivity (Wildman–Crippen MR) is 91.5 cm³/mol. The summed E-state index contributed by atoms with van der Waals surface area (Å²) in [6.45, 7) is 5.53. The van der Waals surface area contributed by atoms with Crippen molar-refractivity contribution in [2.45, 2.75) is 31.4 Å². The number of hydrogen-bond acceptors (Lipinski definition) is 4. The Morgan fingerprint density at radius 1 is 1.42 bits per heavy atom. The second kappa shape index (κ2) is 6.84. The summed E-state index contributed by atoms with van der Waals surface area (Å²) in [5.74, 6) is 0. The molecule has 24 heavy (non-hydrogen) atoms. The molecule has 1 atom stereocenters. The molecule has 6 nitrogen and oxygen atoms in total. The van der Waals surface area contributed by atoms with Gasteiger partial charge in [-0.25, -0.2) is 8.42 Å². The van der Waals surface area contributed by atoms with Crippen LogP contribution in [0.5, 0.6) is 0 Å². The maximum atomic E-state index is 12.9. The number of aryl methyl sites for hydroxylation is 2. The van der Waals surface area contributed by atoms with E-state index in [0.717, 1.165) is 17.7 Å². The Bertz CT molecular complexity index is 835. The molecule has 3 rings (SSSR count). The number of halogens is 1. The molecule has 2 heterocycles. The number of nitrogens with zero attached hydrogens (tertiary/aromatic N) is 3. The van der Waals surface area contributed by atoms with Gasteiger partial charge in [0.1, 0.15) is 4.90 Å². The summed E-state index contributed by atoms with van der Waals surface area (Å²) in [5.41, 5.74) is 1.80. The van der Waals surface area contributed by atoms with Crippen molar-refractivity contribution < 1.29 is 13.2 Å². The first-order valence-electron chi connectivity index (χ1n) is 7.82. The highest BCUT2D eigenvalue weighted by molar-refractivity contribution is 7.89. The summed E-state index contributed by atoms with van der Waals surface area (Å²) >= 11 is 6.16. The summed E-state index contributed by atoms with van der Waals surface area (Å²) < 4.78 is 34.8.